The van der Waals surface area contributed by atoms with Crippen LogP contribution in [0.1, 0.15) is 29.8 Å². The fourth-order valence-electron chi connectivity index (χ4n) is 3.89. The van der Waals surface area contributed by atoms with Crippen molar-refractivity contribution in [3.8, 4) is 17.0 Å². The second-order valence-corrected chi connectivity index (χ2v) is 9.08. The van der Waals surface area contributed by atoms with Gasteiger partial charge in [-0.05, 0) is 43.0 Å². The van der Waals surface area contributed by atoms with Crippen LogP contribution >= 0.6 is 23.4 Å². The molecule has 0 saturated carbocycles. The molecule has 1 aromatic carbocycles. The van der Waals surface area contributed by atoms with Gasteiger partial charge < -0.3 is 9.47 Å². The number of hydrogen-bond donors (Lipinski definition) is 0. The summed E-state index contributed by atoms with van der Waals surface area (Å²) in [5, 5.41) is 0.769. The van der Waals surface area contributed by atoms with E-state index in [1.54, 1.807) is 25.4 Å². The molecule has 0 spiro atoms. The van der Waals surface area contributed by atoms with E-state index < -0.39 is 35.8 Å². The highest BCUT2D eigenvalue weighted by molar-refractivity contribution is 7.98. The summed E-state index contributed by atoms with van der Waals surface area (Å²) in [5.74, 6) is -0.819. The standard InChI is InChI=1S/C23H19ClF4N4O3S/c1-11-19(12-4-13(23(26,27)28)6-15(25)5-12)35-22(33)32(11)10-18-17(9-30-21(31-18)36-3)16-7-14(24)8-29-20(16)34-2/h4-9,11,19H,10H2,1-3H3/t11-,19-/m0/s1. The van der Waals surface area contributed by atoms with E-state index in [4.69, 9.17) is 21.1 Å². The maximum atomic E-state index is 14.0. The van der Waals surface area contributed by atoms with Crippen molar-refractivity contribution in [3.63, 3.8) is 0 Å². The fourth-order valence-corrected chi connectivity index (χ4v) is 4.40. The topological polar surface area (TPSA) is 77.4 Å². The van der Waals surface area contributed by atoms with E-state index in [2.05, 4.69) is 15.0 Å². The van der Waals surface area contributed by atoms with E-state index in [9.17, 15) is 22.4 Å². The first-order valence-electron chi connectivity index (χ1n) is 10.5. The van der Waals surface area contributed by atoms with Crippen LogP contribution < -0.4 is 4.74 Å². The molecule has 2 aromatic heterocycles. The highest BCUT2D eigenvalue weighted by Crippen LogP contribution is 2.39. The smallest absolute Gasteiger partial charge is 0.416 e. The molecule has 2 atom stereocenters. The second kappa shape index (κ2) is 10.1. The number of methoxy groups -OCH3 is 1. The molecule has 1 aliphatic rings. The van der Waals surface area contributed by atoms with E-state index in [0.717, 1.165) is 12.1 Å². The van der Waals surface area contributed by atoms with Gasteiger partial charge in [0.2, 0.25) is 5.88 Å². The molecule has 7 nitrogen and oxygen atoms in total. The third-order valence-corrected chi connectivity index (χ3v) is 6.39. The van der Waals surface area contributed by atoms with Crippen LogP contribution in [-0.4, -0.2) is 45.4 Å². The molecule has 0 N–H and O–H groups in total. The molecule has 0 radical (unpaired) electrons. The summed E-state index contributed by atoms with van der Waals surface area (Å²) in [6, 6.07) is 2.99. The lowest BCUT2D eigenvalue weighted by atomic mass is 10.00. The van der Waals surface area contributed by atoms with Crippen molar-refractivity contribution in [1.29, 1.82) is 0 Å². The number of carbonyl (C=O) groups is 1. The molecule has 190 valence electrons. The van der Waals surface area contributed by atoms with Crippen LogP contribution in [0.5, 0.6) is 5.88 Å². The third-order valence-electron chi connectivity index (χ3n) is 5.62. The number of amides is 1. The SMILES string of the molecule is COc1ncc(Cl)cc1-c1cnc(SC)nc1CN1C(=O)O[C@H](c2cc(F)cc(C(F)(F)F)c2)[C@@H]1C. The molecule has 1 amide bonds. The minimum atomic E-state index is -4.75. The molecule has 4 rings (SSSR count). The molecule has 0 aliphatic carbocycles. The van der Waals surface area contributed by atoms with Crippen LogP contribution in [0, 0.1) is 5.82 Å². The van der Waals surface area contributed by atoms with Gasteiger partial charge in [-0.25, -0.2) is 24.1 Å². The van der Waals surface area contributed by atoms with E-state index in [0.29, 0.717) is 33.1 Å². The fraction of sp³-hybridized carbons (Fsp3) is 0.304. The highest BCUT2D eigenvalue weighted by atomic mass is 35.5. The van der Waals surface area contributed by atoms with Crippen molar-refractivity contribution in [1.82, 2.24) is 19.9 Å². The first kappa shape index (κ1) is 26.0. The van der Waals surface area contributed by atoms with Gasteiger partial charge in [-0.1, -0.05) is 23.4 Å². The molecule has 0 unspecified atom stereocenters. The van der Waals surface area contributed by atoms with Gasteiger partial charge in [-0.2, -0.15) is 13.2 Å². The van der Waals surface area contributed by atoms with Crippen LogP contribution in [0.3, 0.4) is 0 Å². The van der Waals surface area contributed by atoms with Crippen molar-refractivity contribution in [2.24, 2.45) is 0 Å². The predicted molar refractivity (Wildman–Crippen MR) is 124 cm³/mol. The lowest BCUT2D eigenvalue weighted by Gasteiger charge is -2.22. The van der Waals surface area contributed by atoms with Gasteiger partial charge in [-0.15, -0.1) is 0 Å². The number of pyridine rings is 1. The Morgan fingerprint density at radius 1 is 1.17 bits per heavy atom. The minimum Gasteiger partial charge on any atom is -0.481 e. The van der Waals surface area contributed by atoms with Crippen molar-refractivity contribution in [2.75, 3.05) is 13.4 Å². The average Bonchev–Trinajstić information content (AvgIpc) is 3.11. The van der Waals surface area contributed by atoms with Gasteiger partial charge in [0.25, 0.3) is 0 Å². The first-order chi connectivity index (χ1) is 17.0. The Balaban J connectivity index is 1.71. The van der Waals surface area contributed by atoms with Gasteiger partial charge in [0, 0.05) is 23.5 Å². The number of carbonyl (C=O) groups excluding carboxylic acids is 1. The summed E-state index contributed by atoms with van der Waals surface area (Å²) in [5.41, 5.74) is 0.135. The zero-order valence-corrected chi connectivity index (χ0v) is 20.7. The number of rotatable bonds is 6. The van der Waals surface area contributed by atoms with Crippen LogP contribution in [0.2, 0.25) is 5.02 Å². The molecule has 1 saturated heterocycles. The van der Waals surface area contributed by atoms with Crippen LogP contribution in [0.4, 0.5) is 22.4 Å². The number of alkyl halides is 3. The van der Waals surface area contributed by atoms with Crippen LogP contribution in [-0.2, 0) is 17.5 Å². The quantitative estimate of drug-likeness (QED) is 0.210. The summed E-state index contributed by atoms with van der Waals surface area (Å²) in [7, 11) is 1.44. The summed E-state index contributed by atoms with van der Waals surface area (Å²) >= 11 is 7.42. The van der Waals surface area contributed by atoms with Crippen LogP contribution in [0.25, 0.3) is 11.1 Å². The van der Waals surface area contributed by atoms with E-state index in [1.165, 1.54) is 30.0 Å². The number of thioether (sulfide) groups is 1. The summed E-state index contributed by atoms with van der Waals surface area (Å²) in [6.07, 6.45) is -1.91. The van der Waals surface area contributed by atoms with E-state index in [1.807, 2.05) is 0 Å². The maximum absolute atomic E-state index is 14.0. The number of halogens is 5. The highest BCUT2D eigenvalue weighted by Gasteiger charge is 2.42. The number of nitrogens with zero attached hydrogens (tertiary/aromatic N) is 4. The number of cyclic esters (lactones) is 1. The monoisotopic (exact) mass is 542 g/mol. The molecular weight excluding hydrogens is 524 g/mol. The number of aromatic nitrogens is 3. The zero-order chi connectivity index (χ0) is 26.2. The van der Waals surface area contributed by atoms with Gasteiger partial charge in [0.15, 0.2) is 5.16 Å². The largest absolute Gasteiger partial charge is 0.481 e. The average molecular weight is 543 g/mol. The van der Waals surface area contributed by atoms with Crippen molar-refractivity contribution < 1.29 is 31.8 Å². The maximum Gasteiger partial charge on any atom is 0.416 e. The number of hydrogen-bond acceptors (Lipinski definition) is 7. The lowest BCUT2D eigenvalue weighted by molar-refractivity contribution is -0.137. The van der Waals surface area contributed by atoms with Crippen LogP contribution in [0.15, 0.2) is 41.8 Å². The van der Waals surface area contributed by atoms with E-state index >= 15 is 0 Å². The van der Waals surface area contributed by atoms with Gasteiger partial charge in [-0.3, -0.25) is 4.90 Å². The molecule has 3 heterocycles. The van der Waals surface area contributed by atoms with Gasteiger partial charge >= 0.3 is 12.3 Å². The Labute approximate surface area is 212 Å². The number of ether oxygens (including phenoxy) is 2. The molecule has 13 heteroatoms. The first-order valence-corrected chi connectivity index (χ1v) is 12.1. The summed E-state index contributed by atoms with van der Waals surface area (Å²) < 4.78 is 64.4. The molecular formula is C23H19ClF4N4O3S. The Morgan fingerprint density at radius 2 is 1.92 bits per heavy atom. The Hall–Kier alpha value is -3.12. The van der Waals surface area contributed by atoms with Gasteiger partial charge in [0.1, 0.15) is 11.9 Å². The third kappa shape index (κ3) is 5.19. The van der Waals surface area contributed by atoms with Crippen molar-refractivity contribution >= 4 is 29.5 Å². The summed E-state index contributed by atoms with van der Waals surface area (Å²) in [6.45, 7) is 1.53. The zero-order valence-electron chi connectivity index (χ0n) is 19.1. The molecule has 1 fully saturated rings. The Bertz CT molecular complexity index is 1310. The lowest BCUT2D eigenvalue weighted by Crippen LogP contribution is -2.32. The molecule has 0 bridgehead atoms. The molecule has 1 aliphatic heterocycles. The van der Waals surface area contributed by atoms with Gasteiger partial charge in [0.05, 0.1) is 36.0 Å². The Kier molecular flexibility index (Phi) is 7.28. The predicted octanol–water partition coefficient (Wildman–Crippen LogP) is 6.16. The van der Waals surface area contributed by atoms with Crippen molar-refractivity contribution in [2.45, 2.75) is 36.9 Å². The molecule has 3 aromatic rings. The second-order valence-electron chi connectivity index (χ2n) is 7.87. The number of benzene rings is 1. The summed E-state index contributed by atoms with van der Waals surface area (Å²) in [4.78, 5) is 27.1. The van der Waals surface area contributed by atoms with Crippen molar-refractivity contribution in [3.05, 3.63) is 64.3 Å². The minimum absolute atomic E-state index is 0.0704. The van der Waals surface area contributed by atoms with E-state index in [-0.39, 0.29) is 18.0 Å². The Morgan fingerprint density at radius 3 is 2.58 bits per heavy atom. The molecule has 36 heavy (non-hydrogen) atoms. The normalized spacial score (nSPS) is 17.9.